The van der Waals surface area contributed by atoms with Crippen LogP contribution in [0, 0.1) is 5.82 Å². The van der Waals surface area contributed by atoms with Gasteiger partial charge >= 0.3 is 0 Å². The highest BCUT2D eigenvalue weighted by Gasteiger charge is 2.12. The summed E-state index contributed by atoms with van der Waals surface area (Å²) in [6.07, 6.45) is 0.670. The number of benzene rings is 2. The molecule has 0 bridgehead atoms. The molecular weight excluding hydrogens is 257 g/mol. The molecule has 0 aromatic heterocycles. The molecule has 0 atom stereocenters. The Labute approximate surface area is 117 Å². The molecule has 0 heterocycles. The number of methoxy groups -OCH3 is 1. The summed E-state index contributed by atoms with van der Waals surface area (Å²) in [5, 5.41) is 0. The van der Waals surface area contributed by atoms with Crippen LogP contribution in [0.15, 0.2) is 42.5 Å². The van der Waals surface area contributed by atoms with Crippen LogP contribution < -0.4 is 9.64 Å². The second-order valence-electron chi connectivity index (χ2n) is 4.50. The smallest absolute Gasteiger partial charge is 0.152 e. The fourth-order valence-corrected chi connectivity index (χ4v) is 2.11. The summed E-state index contributed by atoms with van der Waals surface area (Å²) in [7, 11) is 3.37. The monoisotopic (exact) mass is 273 g/mol. The van der Waals surface area contributed by atoms with E-state index in [-0.39, 0.29) is 0 Å². The molecule has 0 saturated carbocycles. The summed E-state index contributed by atoms with van der Waals surface area (Å²) in [4.78, 5) is 12.7. The maximum atomic E-state index is 13.9. The Balaban J connectivity index is 2.23. The number of rotatable bonds is 5. The van der Waals surface area contributed by atoms with Crippen molar-refractivity contribution in [1.29, 1.82) is 0 Å². The summed E-state index contributed by atoms with van der Waals surface area (Å²) in [5.74, 6) is 0.376. The summed E-state index contributed by atoms with van der Waals surface area (Å²) in [6.45, 7) is 0.506. The fourth-order valence-electron chi connectivity index (χ4n) is 2.11. The molecule has 0 aliphatic carbocycles. The quantitative estimate of drug-likeness (QED) is 0.783. The molecule has 3 nitrogen and oxygen atoms in total. The second-order valence-corrected chi connectivity index (χ2v) is 4.50. The number of para-hydroxylation sites is 1. The van der Waals surface area contributed by atoms with Crippen LogP contribution in [0.3, 0.4) is 0 Å². The van der Waals surface area contributed by atoms with Gasteiger partial charge in [0, 0.05) is 19.2 Å². The van der Waals surface area contributed by atoms with Crippen LogP contribution in [0.1, 0.15) is 15.9 Å². The van der Waals surface area contributed by atoms with E-state index in [1.54, 1.807) is 25.1 Å². The number of halogens is 1. The lowest BCUT2D eigenvalue weighted by Crippen LogP contribution is -2.19. The molecule has 0 aliphatic heterocycles. The number of carbonyl (C=O) groups excluding carboxylic acids is 1. The van der Waals surface area contributed by atoms with Crippen LogP contribution in [0.2, 0.25) is 0 Å². The third-order valence-electron chi connectivity index (χ3n) is 3.11. The number of nitrogens with zero attached hydrogens (tertiary/aromatic N) is 1. The number of ether oxygens (including phenoxy) is 1. The number of anilines is 1. The van der Waals surface area contributed by atoms with Crippen molar-refractivity contribution in [2.45, 2.75) is 6.54 Å². The van der Waals surface area contributed by atoms with Gasteiger partial charge in [0.2, 0.25) is 0 Å². The standard InChI is InChI=1S/C16H16FNO2/c1-18(10-12-6-8-14(20-2)9-7-12)16-13(11-19)4-3-5-15(16)17/h3-9,11H,10H2,1-2H3. The maximum Gasteiger partial charge on any atom is 0.152 e. The molecule has 0 unspecified atom stereocenters. The first-order chi connectivity index (χ1) is 9.65. The van der Waals surface area contributed by atoms with Crippen molar-refractivity contribution in [2.75, 3.05) is 19.1 Å². The van der Waals surface area contributed by atoms with Gasteiger partial charge in [-0.2, -0.15) is 0 Å². The first-order valence-electron chi connectivity index (χ1n) is 6.23. The van der Waals surface area contributed by atoms with Gasteiger partial charge in [-0.15, -0.1) is 0 Å². The Morgan fingerprint density at radius 2 is 1.90 bits per heavy atom. The molecule has 0 saturated heterocycles. The minimum atomic E-state index is -0.398. The van der Waals surface area contributed by atoms with E-state index in [0.29, 0.717) is 24.1 Å². The van der Waals surface area contributed by atoms with Gasteiger partial charge in [0.25, 0.3) is 0 Å². The normalized spacial score (nSPS) is 10.2. The Bertz CT molecular complexity index is 596. The minimum Gasteiger partial charge on any atom is -0.497 e. The molecule has 2 aromatic carbocycles. The Morgan fingerprint density at radius 1 is 1.20 bits per heavy atom. The van der Waals surface area contributed by atoms with Crippen LogP contribution in [0.4, 0.5) is 10.1 Å². The second kappa shape index (κ2) is 6.19. The van der Waals surface area contributed by atoms with E-state index in [4.69, 9.17) is 4.74 Å². The van der Waals surface area contributed by atoms with E-state index < -0.39 is 5.82 Å². The molecular formula is C16H16FNO2. The SMILES string of the molecule is COc1ccc(CN(C)c2c(F)cccc2C=O)cc1. The van der Waals surface area contributed by atoms with Crippen molar-refractivity contribution in [3.05, 3.63) is 59.4 Å². The third-order valence-corrected chi connectivity index (χ3v) is 3.11. The van der Waals surface area contributed by atoms with Gasteiger partial charge in [-0.05, 0) is 29.8 Å². The van der Waals surface area contributed by atoms with Gasteiger partial charge in [-0.3, -0.25) is 4.79 Å². The summed E-state index contributed by atoms with van der Waals surface area (Å²) in [5.41, 5.74) is 1.67. The van der Waals surface area contributed by atoms with Crippen LogP contribution in [0.5, 0.6) is 5.75 Å². The van der Waals surface area contributed by atoms with Gasteiger partial charge < -0.3 is 9.64 Å². The highest BCUT2D eigenvalue weighted by atomic mass is 19.1. The van der Waals surface area contributed by atoms with Gasteiger partial charge in [-0.25, -0.2) is 4.39 Å². The molecule has 0 radical (unpaired) electrons. The van der Waals surface area contributed by atoms with Crippen LogP contribution >= 0.6 is 0 Å². The zero-order chi connectivity index (χ0) is 14.5. The van der Waals surface area contributed by atoms with E-state index >= 15 is 0 Å². The topological polar surface area (TPSA) is 29.5 Å². The fraction of sp³-hybridized carbons (Fsp3) is 0.188. The van der Waals surface area contributed by atoms with Gasteiger partial charge in [0.15, 0.2) is 6.29 Å². The average molecular weight is 273 g/mol. The Morgan fingerprint density at radius 3 is 2.50 bits per heavy atom. The van der Waals surface area contributed by atoms with Crippen molar-refractivity contribution in [2.24, 2.45) is 0 Å². The van der Waals surface area contributed by atoms with E-state index in [9.17, 15) is 9.18 Å². The molecule has 2 aromatic rings. The molecule has 2 rings (SSSR count). The van der Waals surface area contributed by atoms with Crippen molar-refractivity contribution in [1.82, 2.24) is 0 Å². The molecule has 104 valence electrons. The molecule has 0 aliphatic rings. The minimum absolute atomic E-state index is 0.318. The summed E-state index contributed by atoms with van der Waals surface area (Å²) < 4.78 is 19.0. The summed E-state index contributed by atoms with van der Waals surface area (Å²) >= 11 is 0. The zero-order valence-corrected chi connectivity index (χ0v) is 11.5. The number of hydrogen-bond donors (Lipinski definition) is 0. The molecule has 0 spiro atoms. The molecule has 0 N–H and O–H groups in total. The third kappa shape index (κ3) is 2.96. The van der Waals surface area contributed by atoms with Crippen molar-refractivity contribution < 1.29 is 13.9 Å². The van der Waals surface area contributed by atoms with Gasteiger partial charge in [0.1, 0.15) is 11.6 Å². The van der Waals surface area contributed by atoms with Crippen LogP contribution in [-0.4, -0.2) is 20.4 Å². The van der Waals surface area contributed by atoms with E-state index in [0.717, 1.165) is 11.3 Å². The van der Waals surface area contributed by atoms with Crippen molar-refractivity contribution in [3.8, 4) is 5.75 Å². The van der Waals surface area contributed by atoms with Crippen molar-refractivity contribution in [3.63, 3.8) is 0 Å². The Kier molecular flexibility index (Phi) is 4.35. The van der Waals surface area contributed by atoms with Crippen LogP contribution in [0.25, 0.3) is 0 Å². The first kappa shape index (κ1) is 14.1. The van der Waals surface area contributed by atoms with E-state index in [2.05, 4.69) is 0 Å². The number of aldehydes is 1. The van der Waals surface area contributed by atoms with E-state index in [1.807, 2.05) is 24.3 Å². The lowest BCUT2D eigenvalue weighted by Gasteiger charge is -2.21. The largest absolute Gasteiger partial charge is 0.497 e. The molecule has 0 fully saturated rings. The van der Waals surface area contributed by atoms with Gasteiger partial charge in [0.05, 0.1) is 12.8 Å². The predicted octanol–water partition coefficient (Wildman–Crippen LogP) is 3.28. The predicted molar refractivity (Wildman–Crippen MR) is 76.9 cm³/mol. The molecule has 20 heavy (non-hydrogen) atoms. The highest BCUT2D eigenvalue weighted by molar-refractivity contribution is 5.84. The maximum absolute atomic E-state index is 13.9. The zero-order valence-electron chi connectivity index (χ0n) is 11.5. The summed E-state index contributed by atoms with van der Waals surface area (Å²) in [6, 6.07) is 12.0. The van der Waals surface area contributed by atoms with Crippen molar-refractivity contribution >= 4 is 12.0 Å². The van der Waals surface area contributed by atoms with Crippen LogP contribution in [-0.2, 0) is 6.54 Å². The molecule has 0 amide bonds. The lowest BCUT2D eigenvalue weighted by molar-refractivity contribution is 0.112. The Hall–Kier alpha value is -2.36. The lowest BCUT2D eigenvalue weighted by atomic mass is 10.1. The molecule has 4 heteroatoms. The highest BCUT2D eigenvalue weighted by Crippen LogP contribution is 2.24. The number of carbonyl (C=O) groups is 1. The van der Waals surface area contributed by atoms with Gasteiger partial charge in [-0.1, -0.05) is 18.2 Å². The average Bonchev–Trinajstić information content (AvgIpc) is 2.47. The number of hydrogen-bond acceptors (Lipinski definition) is 3. The first-order valence-corrected chi connectivity index (χ1v) is 6.23. The van der Waals surface area contributed by atoms with E-state index in [1.165, 1.54) is 12.1 Å².